The van der Waals surface area contributed by atoms with E-state index in [0.717, 1.165) is 29.8 Å². The summed E-state index contributed by atoms with van der Waals surface area (Å²) >= 11 is 0. The molecule has 252 valence electrons. The molecule has 1 aliphatic carbocycles. The van der Waals surface area contributed by atoms with Crippen molar-refractivity contribution in [3.05, 3.63) is 114 Å². The lowest BCUT2D eigenvalue weighted by atomic mass is 9.87. The number of pyridine rings is 1. The van der Waals surface area contributed by atoms with E-state index in [1.807, 2.05) is 48.5 Å². The summed E-state index contributed by atoms with van der Waals surface area (Å²) in [6.07, 6.45) is 5.68. The van der Waals surface area contributed by atoms with Gasteiger partial charge in [0.2, 0.25) is 5.91 Å². The molecule has 6 rings (SSSR count). The number of ether oxygens (including phenoxy) is 2. The zero-order valence-corrected chi connectivity index (χ0v) is 27.7. The minimum absolute atomic E-state index is 0.101. The molecule has 0 radical (unpaired) electrons. The minimum atomic E-state index is -1.08. The van der Waals surface area contributed by atoms with Crippen LogP contribution in [0.1, 0.15) is 65.6 Å². The van der Waals surface area contributed by atoms with Crippen molar-refractivity contribution < 1.29 is 24.2 Å². The Balaban J connectivity index is 1.31. The van der Waals surface area contributed by atoms with Crippen LogP contribution in [0.5, 0.6) is 0 Å². The Labute approximate surface area is 281 Å². The Morgan fingerprint density at radius 2 is 1.88 bits per heavy atom. The largest absolute Gasteiger partial charge is 0.389 e. The molecule has 0 bridgehead atoms. The van der Waals surface area contributed by atoms with Gasteiger partial charge >= 0.3 is 0 Å². The van der Waals surface area contributed by atoms with Crippen LogP contribution in [0.3, 0.4) is 0 Å². The zero-order chi connectivity index (χ0) is 33.7. The molecule has 1 unspecified atom stereocenters. The number of aromatic amines is 1. The van der Waals surface area contributed by atoms with E-state index >= 15 is 0 Å². The number of imidazole rings is 1. The monoisotopic (exact) mass is 652 g/mol. The molecule has 1 fully saturated rings. The fourth-order valence-corrected chi connectivity index (χ4v) is 6.45. The summed E-state index contributed by atoms with van der Waals surface area (Å²) in [7, 11) is 0. The smallest absolute Gasteiger partial charge is 0.279 e. The number of benzene rings is 2. The van der Waals surface area contributed by atoms with E-state index < -0.39 is 36.1 Å². The number of hydrogen-bond acceptors (Lipinski definition) is 8. The summed E-state index contributed by atoms with van der Waals surface area (Å²) in [5, 5.41) is 14.1. The third-order valence-corrected chi connectivity index (χ3v) is 9.01. The van der Waals surface area contributed by atoms with E-state index in [0.29, 0.717) is 37.4 Å². The van der Waals surface area contributed by atoms with Gasteiger partial charge in [-0.1, -0.05) is 63.2 Å². The average molecular weight is 653 g/mol. The average Bonchev–Trinajstić information content (AvgIpc) is 3.75. The van der Waals surface area contributed by atoms with E-state index in [4.69, 9.17) is 9.47 Å². The third kappa shape index (κ3) is 7.65. The topological polar surface area (TPSA) is 133 Å². The first-order valence-electron chi connectivity index (χ1n) is 16.5. The van der Waals surface area contributed by atoms with E-state index in [9.17, 15) is 14.7 Å². The molecular weight excluding hydrogens is 608 g/mol. The maximum absolute atomic E-state index is 14.7. The lowest BCUT2D eigenvalue weighted by Crippen LogP contribution is -2.47. The van der Waals surface area contributed by atoms with Gasteiger partial charge in [0.05, 0.1) is 44.4 Å². The molecule has 2 amide bonds. The van der Waals surface area contributed by atoms with Crippen molar-refractivity contribution in [1.82, 2.24) is 25.2 Å². The maximum atomic E-state index is 14.7. The van der Waals surface area contributed by atoms with E-state index in [-0.39, 0.29) is 17.7 Å². The molecule has 2 aromatic heterocycles. The fraction of sp³-hybridized carbons (Fsp3) is 0.405. The number of rotatable bonds is 11. The first-order chi connectivity index (χ1) is 23.2. The third-order valence-electron chi connectivity index (χ3n) is 9.01. The van der Waals surface area contributed by atoms with Crippen molar-refractivity contribution in [1.29, 1.82) is 0 Å². The number of nitrogens with zero attached hydrogens (tertiary/aromatic N) is 4. The Hall–Kier alpha value is -4.42. The second kappa shape index (κ2) is 14.8. The Morgan fingerprint density at radius 1 is 1.10 bits per heavy atom. The van der Waals surface area contributed by atoms with Crippen molar-refractivity contribution in [3.63, 3.8) is 0 Å². The number of hydrogen-bond donors (Lipinski definition) is 3. The normalized spacial score (nSPS) is 19.3. The van der Waals surface area contributed by atoms with Crippen LogP contribution < -0.4 is 10.2 Å². The highest BCUT2D eigenvalue weighted by Crippen LogP contribution is 2.36. The molecule has 11 heteroatoms. The number of carbonyl (C=O) groups is 2. The highest BCUT2D eigenvalue weighted by Gasteiger charge is 2.40. The van der Waals surface area contributed by atoms with E-state index in [1.165, 1.54) is 17.4 Å². The molecule has 3 heterocycles. The van der Waals surface area contributed by atoms with Crippen LogP contribution in [-0.2, 0) is 26.1 Å². The van der Waals surface area contributed by atoms with Crippen LogP contribution in [0.2, 0.25) is 0 Å². The van der Waals surface area contributed by atoms with Gasteiger partial charge in [0.25, 0.3) is 5.91 Å². The number of H-pyrrole nitrogens is 1. The van der Waals surface area contributed by atoms with Gasteiger partial charge in [-0.2, -0.15) is 0 Å². The van der Waals surface area contributed by atoms with Gasteiger partial charge in [-0.3, -0.25) is 24.4 Å². The van der Waals surface area contributed by atoms with Gasteiger partial charge in [0.15, 0.2) is 0 Å². The number of carbonyl (C=O) groups excluding carboxylic acids is 2. The number of fused-ring (bicyclic) bond motifs is 1. The molecule has 48 heavy (non-hydrogen) atoms. The number of aliphatic hydroxyl groups excluding tert-OH is 1. The second-order valence-corrected chi connectivity index (χ2v) is 13.4. The molecule has 0 saturated carbocycles. The molecule has 4 atom stereocenters. The van der Waals surface area contributed by atoms with Crippen molar-refractivity contribution in [2.45, 2.75) is 56.9 Å². The van der Waals surface area contributed by atoms with Gasteiger partial charge in [-0.05, 0) is 40.3 Å². The lowest BCUT2D eigenvalue weighted by Gasteiger charge is -2.33. The Morgan fingerprint density at radius 3 is 2.56 bits per heavy atom. The SMILES string of the molecule is CC(C)(C)c1ccc(N(C(=O)c2c[nH]cn2)C(C(=O)N[C@H]2c3ccccc3C[C@@H]2OC[C@@H](O)CN2CCOCC2)c2cccnc2)cc1. The number of nitrogens with one attached hydrogen (secondary N) is 2. The summed E-state index contributed by atoms with van der Waals surface area (Å²) in [4.78, 5) is 44.0. The predicted octanol–water partition coefficient (Wildman–Crippen LogP) is 3.98. The van der Waals surface area contributed by atoms with Gasteiger partial charge < -0.3 is 24.9 Å². The summed E-state index contributed by atoms with van der Waals surface area (Å²) in [5.74, 6) is -0.828. The number of β-amino-alcohol motifs (C(OH)–C–C–N with tert-alkyl or cyclic N) is 1. The van der Waals surface area contributed by atoms with Crippen LogP contribution in [0.25, 0.3) is 0 Å². The number of anilines is 1. The molecule has 0 spiro atoms. The Bertz CT molecular complexity index is 1650. The van der Waals surface area contributed by atoms with Crippen LogP contribution in [-0.4, -0.2) is 88.4 Å². The van der Waals surface area contributed by atoms with Crippen LogP contribution in [0.15, 0.2) is 85.6 Å². The number of aromatic nitrogens is 3. The fourth-order valence-electron chi connectivity index (χ4n) is 6.45. The highest BCUT2D eigenvalue weighted by molar-refractivity contribution is 6.09. The van der Waals surface area contributed by atoms with E-state index in [2.05, 4.69) is 45.9 Å². The zero-order valence-electron chi connectivity index (χ0n) is 27.7. The standard InChI is InChI=1S/C37H44N6O5/c1-37(2,3)27-10-12-28(13-11-27)43(36(46)31-21-39-24-40-31)34(26-8-6-14-38-20-26)35(45)41-33-30-9-5-4-7-25(30)19-32(33)48-23-29(44)22-42-15-17-47-18-16-42/h4-14,20-21,24,29,32-34,44H,15-19,22-23H2,1-3H3,(H,39,40)(H,41,45)/t29-,32-,33-,34?/m0/s1. The van der Waals surface area contributed by atoms with Crippen LogP contribution in [0.4, 0.5) is 5.69 Å². The summed E-state index contributed by atoms with van der Waals surface area (Å²) in [6, 6.07) is 17.6. The highest BCUT2D eigenvalue weighted by atomic mass is 16.5. The number of aliphatic hydroxyl groups is 1. The first-order valence-corrected chi connectivity index (χ1v) is 16.5. The van der Waals surface area contributed by atoms with Crippen LogP contribution in [0, 0.1) is 0 Å². The second-order valence-electron chi connectivity index (χ2n) is 13.4. The van der Waals surface area contributed by atoms with Crippen molar-refractivity contribution in [2.24, 2.45) is 0 Å². The van der Waals surface area contributed by atoms with Gasteiger partial charge in [0.1, 0.15) is 11.7 Å². The molecule has 11 nitrogen and oxygen atoms in total. The lowest BCUT2D eigenvalue weighted by molar-refractivity contribution is -0.124. The van der Waals surface area contributed by atoms with Gasteiger partial charge in [0, 0.05) is 55.9 Å². The van der Waals surface area contributed by atoms with Gasteiger partial charge in [-0.15, -0.1) is 0 Å². The predicted molar refractivity (Wildman–Crippen MR) is 182 cm³/mol. The summed E-state index contributed by atoms with van der Waals surface area (Å²) in [5.41, 5.74) is 4.28. The Kier molecular flexibility index (Phi) is 10.3. The molecule has 2 aliphatic rings. The molecule has 1 saturated heterocycles. The maximum Gasteiger partial charge on any atom is 0.279 e. The number of amides is 2. The van der Waals surface area contributed by atoms with Crippen molar-refractivity contribution in [2.75, 3.05) is 44.4 Å². The molecule has 2 aromatic carbocycles. The summed E-state index contributed by atoms with van der Waals surface area (Å²) in [6.45, 7) is 9.83. The van der Waals surface area contributed by atoms with Gasteiger partial charge in [-0.25, -0.2) is 4.98 Å². The molecule has 3 N–H and O–H groups in total. The summed E-state index contributed by atoms with van der Waals surface area (Å²) < 4.78 is 11.8. The van der Waals surface area contributed by atoms with E-state index in [1.54, 1.807) is 24.5 Å². The quantitative estimate of drug-likeness (QED) is 0.222. The minimum Gasteiger partial charge on any atom is -0.389 e. The van der Waals surface area contributed by atoms with Crippen LogP contribution >= 0.6 is 0 Å². The first kappa shape index (κ1) is 33.5. The molecule has 1 aliphatic heterocycles. The number of morpholine rings is 1. The van der Waals surface area contributed by atoms with Crippen molar-refractivity contribution in [3.8, 4) is 0 Å². The molecular formula is C37H44N6O5. The molecule has 4 aromatic rings. The van der Waals surface area contributed by atoms with Crippen molar-refractivity contribution >= 4 is 17.5 Å².